The summed E-state index contributed by atoms with van der Waals surface area (Å²) in [5.41, 5.74) is 2.12. The van der Waals surface area contributed by atoms with Crippen LogP contribution in [0.2, 0.25) is 0 Å². The largest absolute Gasteiger partial charge is 0.269 e. The Morgan fingerprint density at radius 1 is 1.70 bits per heavy atom. The van der Waals surface area contributed by atoms with Gasteiger partial charge in [-0.25, -0.2) is 0 Å². The highest BCUT2D eigenvalue weighted by atomic mass is 31.0. The van der Waals surface area contributed by atoms with Crippen molar-refractivity contribution in [1.82, 2.24) is 9.78 Å². The van der Waals surface area contributed by atoms with Crippen molar-refractivity contribution in [1.29, 1.82) is 0 Å². The number of nitrogens with zero attached hydrogens (tertiary/aromatic N) is 2. The lowest BCUT2D eigenvalue weighted by Crippen LogP contribution is -2.20. The average Bonchev–Trinajstić information content (AvgIpc) is 2.33. The molecule has 1 aromatic heterocycles. The Bertz CT molecular complexity index is 231. The molecule has 0 radical (unpaired) electrons. The molecule has 0 bridgehead atoms. The minimum absolute atomic E-state index is 0.729. The molecular weight excluding hydrogens is 143 g/mol. The number of fused-ring (bicyclic) bond motifs is 1. The smallest absolute Gasteiger partial charge is 0.0492 e. The van der Waals surface area contributed by atoms with Gasteiger partial charge in [-0.3, -0.25) is 4.68 Å². The van der Waals surface area contributed by atoms with Crippen LogP contribution in [0.25, 0.3) is 0 Å². The van der Waals surface area contributed by atoms with Crippen molar-refractivity contribution in [3.63, 3.8) is 0 Å². The van der Waals surface area contributed by atoms with Crippen molar-refractivity contribution >= 4 is 9.24 Å². The standard InChI is InChI=1S/C7H11N2P/c10-7-2-1-6-3-4-8-9(6)5-7/h3-4,7H,1-2,5,10H2. The molecule has 1 aromatic rings. The summed E-state index contributed by atoms with van der Waals surface area (Å²) in [6.45, 7) is 1.08. The summed E-state index contributed by atoms with van der Waals surface area (Å²) in [5, 5.41) is 4.21. The van der Waals surface area contributed by atoms with Crippen LogP contribution in [0.15, 0.2) is 12.3 Å². The van der Waals surface area contributed by atoms with E-state index in [0.29, 0.717) is 0 Å². The molecule has 2 heterocycles. The minimum atomic E-state index is 0.729. The number of rotatable bonds is 0. The van der Waals surface area contributed by atoms with E-state index in [1.54, 1.807) is 0 Å². The molecule has 1 aliphatic rings. The van der Waals surface area contributed by atoms with Crippen molar-refractivity contribution < 1.29 is 0 Å². The third-order valence-corrected chi connectivity index (χ3v) is 2.53. The zero-order chi connectivity index (χ0) is 6.97. The first kappa shape index (κ1) is 6.36. The average molecular weight is 154 g/mol. The highest BCUT2D eigenvalue weighted by Gasteiger charge is 2.13. The van der Waals surface area contributed by atoms with Crippen LogP contribution in [0.5, 0.6) is 0 Å². The highest BCUT2D eigenvalue weighted by molar-refractivity contribution is 7.17. The highest BCUT2D eigenvalue weighted by Crippen LogP contribution is 2.18. The normalized spacial score (nSPS) is 24.3. The van der Waals surface area contributed by atoms with Gasteiger partial charge in [-0.15, -0.1) is 9.24 Å². The van der Waals surface area contributed by atoms with Crippen LogP contribution in [0.3, 0.4) is 0 Å². The van der Waals surface area contributed by atoms with Crippen LogP contribution in [0.4, 0.5) is 0 Å². The van der Waals surface area contributed by atoms with Gasteiger partial charge >= 0.3 is 0 Å². The Kier molecular flexibility index (Phi) is 1.50. The molecule has 0 fully saturated rings. The molecule has 0 spiro atoms. The molecule has 3 heteroatoms. The molecule has 1 aliphatic heterocycles. The second-order valence-electron chi connectivity index (χ2n) is 2.80. The molecule has 0 aliphatic carbocycles. The third-order valence-electron chi connectivity index (χ3n) is 1.98. The minimum Gasteiger partial charge on any atom is -0.269 e. The van der Waals surface area contributed by atoms with E-state index in [1.165, 1.54) is 18.5 Å². The molecule has 0 N–H and O–H groups in total. The molecule has 54 valence electrons. The zero-order valence-electron chi connectivity index (χ0n) is 5.83. The summed E-state index contributed by atoms with van der Waals surface area (Å²) in [7, 11) is 2.86. The van der Waals surface area contributed by atoms with Crippen LogP contribution in [0.1, 0.15) is 12.1 Å². The number of hydrogen-bond acceptors (Lipinski definition) is 1. The summed E-state index contributed by atoms with van der Waals surface area (Å²) < 4.78 is 2.10. The van der Waals surface area contributed by atoms with E-state index in [4.69, 9.17) is 0 Å². The molecule has 0 saturated carbocycles. The van der Waals surface area contributed by atoms with E-state index in [9.17, 15) is 0 Å². The first-order valence-electron chi connectivity index (χ1n) is 3.62. The van der Waals surface area contributed by atoms with Gasteiger partial charge in [-0.2, -0.15) is 5.10 Å². The van der Waals surface area contributed by atoms with Gasteiger partial charge in [0, 0.05) is 18.4 Å². The van der Waals surface area contributed by atoms with Crippen molar-refractivity contribution in [2.45, 2.75) is 25.0 Å². The van der Waals surface area contributed by atoms with E-state index in [-0.39, 0.29) is 0 Å². The van der Waals surface area contributed by atoms with Gasteiger partial charge in [-0.1, -0.05) is 0 Å². The monoisotopic (exact) mass is 154 g/mol. The number of aromatic nitrogens is 2. The predicted octanol–water partition coefficient (Wildman–Crippen LogP) is 1.07. The molecule has 2 rings (SSSR count). The Morgan fingerprint density at radius 3 is 3.50 bits per heavy atom. The van der Waals surface area contributed by atoms with Gasteiger partial charge in [0.05, 0.1) is 0 Å². The summed E-state index contributed by atoms with van der Waals surface area (Å²) in [6, 6.07) is 2.11. The summed E-state index contributed by atoms with van der Waals surface area (Å²) in [4.78, 5) is 0. The van der Waals surface area contributed by atoms with Crippen molar-refractivity contribution in [3.8, 4) is 0 Å². The number of hydrogen-bond donors (Lipinski definition) is 0. The van der Waals surface area contributed by atoms with Crippen molar-refractivity contribution in [2.75, 3.05) is 0 Å². The van der Waals surface area contributed by atoms with Gasteiger partial charge in [0.15, 0.2) is 0 Å². The fourth-order valence-corrected chi connectivity index (χ4v) is 1.75. The Balaban J connectivity index is 2.30. The topological polar surface area (TPSA) is 17.8 Å². The Hall–Kier alpha value is -0.360. The van der Waals surface area contributed by atoms with Gasteiger partial charge in [0.2, 0.25) is 0 Å². The van der Waals surface area contributed by atoms with E-state index in [1.807, 2.05) is 6.20 Å². The van der Waals surface area contributed by atoms with Crippen LogP contribution in [0, 0.1) is 0 Å². The fraction of sp³-hybridized carbons (Fsp3) is 0.571. The zero-order valence-corrected chi connectivity index (χ0v) is 6.98. The lowest BCUT2D eigenvalue weighted by atomic mass is 10.1. The molecule has 2 nitrogen and oxygen atoms in total. The molecule has 0 amide bonds. The lowest BCUT2D eigenvalue weighted by Gasteiger charge is -2.19. The Morgan fingerprint density at radius 2 is 2.60 bits per heavy atom. The maximum atomic E-state index is 4.21. The third kappa shape index (κ3) is 0.969. The lowest BCUT2D eigenvalue weighted by molar-refractivity contribution is 0.497. The molecular formula is C7H11N2P. The first-order valence-corrected chi connectivity index (χ1v) is 4.29. The number of aryl methyl sites for hydroxylation is 1. The summed E-state index contributed by atoms with van der Waals surface area (Å²) in [5.74, 6) is 0. The predicted molar refractivity (Wildman–Crippen MR) is 44.0 cm³/mol. The van der Waals surface area contributed by atoms with Gasteiger partial charge in [0.25, 0.3) is 0 Å². The molecule has 10 heavy (non-hydrogen) atoms. The maximum Gasteiger partial charge on any atom is 0.0492 e. The molecule has 0 saturated heterocycles. The van der Waals surface area contributed by atoms with E-state index >= 15 is 0 Å². The second kappa shape index (κ2) is 2.35. The van der Waals surface area contributed by atoms with Crippen LogP contribution >= 0.6 is 9.24 Å². The van der Waals surface area contributed by atoms with Crippen LogP contribution in [-0.4, -0.2) is 15.4 Å². The van der Waals surface area contributed by atoms with Gasteiger partial charge in [-0.05, 0) is 24.6 Å². The van der Waals surface area contributed by atoms with E-state index < -0.39 is 0 Å². The van der Waals surface area contributed by atoms with Crippen molar-refractivity contribution in [3.05, 3.63) is 18.0 Å². The van der Waals surface area contributed by atoms with Gasteiger partial charge < -0.3 is 0 Å². The second-order valence-corrected chi connectivity index (χ2v) is 3.75. The van der Waals surface area contributed by atoms with E-state index in [2.05, 4.69) is 25.1 Å². The van der Waals surface area contributed by atoms with E-state index in [0.717, 1.165) is 12.2 Å². The Labute approximate surface area is 62.8 Å². The summed E-state index contributed by atoms with van der Waals surface area (Å²) in [6.07, 6.45) is 4.36. The quantitative estimate of drug-likeness (QED) is 0.511. The van der Waals surface area contributed by atoms with Crippen LogP contribution in [-0.2, 0) is 13.0 Å². The van der Waals surface area contributed by atoms with Crippen LogP contribution < -0.4 is 0 Å². The van der Waals surface area contributed by atoms with Gasteiger partial charge in [0.1, 0.15) is 0 Å². The SMILES string of the molecule is PC1CCc2ccnn2C1. The molecule has 0 aromatic carbocycles. The van der Waals surface area contributed by atoms with Crippen molar-refractivity contribution in [2.24, 2.45) is 0 Å². The maximum absolute atomic E-state index is 4.21. The fourth-order valence-electron chi connectivity index (χ4n) is 1.38. The first-order chi connectivity index (χ1) is 4.86. The summed E-state index contributed by atoms with van der Waals surface area (Å²) >= 11 is 0. The molecule has 2 atom stereocenters. The molecule has 2 unspecified atom stereocenters.